The number of rotatable bonds is 4. The topological polar surface area (TPSA) is 37.8 Å². The molecule has 0 atom stereocenters. The smallest absolute Gasteiger partial charge is 0.134 e. The first-order valence-electron chi connectivity index (χ1n) is 7.64. The first-order chi connectivity index (χ1) is 9.08. The fraction of sp³-hybridized carbons (Fsp3) is 0.750. The largest absolute Gasteiger partial charge is 0.373 e. The van der Waals surface area contributed by atoms with Crippen LogP contribution >= 0.6 is 0 Å². The minimum Gasteiger partial charge on any atom is -0.373 e. The van der Waals surface area contributed by atoms with E-state index >= 15 is 0 Å². The maximum atomic E-state index is 4.82. The van der Waals surface area contributed by atoms with Crippen molar-refractivity contribution in [2.75, 3.05) is 12.4 Å². The van der Waals surface area contributed by atoms with Gasteiger partial charge in [-0.2, -0.15) is 0 Å². The lowest BCUT2D eigenvalue weighted by molar-refractivity contribution is 0.339. The molecule has 1 aliphatic carbocycles. The lowest BCUT2D eigenvalue weighted by Crippen LogP contribution is -2.15. The van der Waals surface area contributed by atoms with E-state index in [4.69, 9.17) is 4.98 Å². The van der Waals surface area contributed by atoms with Gasteiger partial charge in [-0.3, -0.25) is 0 Å². The summed E-state index contributed by atoms with van der Waals surface area (Å²) in [6.45, 7) is 6.83. The SMILES string of the molecule is CNc1cc(CC(C)C)nc(C2CCC(C)CC2)n1. The van der Waals surface area contributed by atoms with Crippen molar-refractivity contribution in [3.63, 3.8) is 0 Å². The van der Waals surface area contributed by atoms with Crippen molar-refractivity contribution >= 4 is 5.82 Å². The first kappa shape index (κ1) is 14.3. The molecule has 106 valence electrons. The molecule has 0 amide bonds. The van der Waals surface area contributed by atoms with Crippen molar-refractivity contribution in [3.05, 3.63) is 17.6 Å². The van der Waals surface area contributed by atoms with Crippen LogP contribution in [0.4, 0.5) is 5.82 Å². The van der Waals surface area contributed by atoms with Crippen molar-refractivity contribution in [2.45, 2.75) is 58.8 Å². The van der Waals surface area contributed by atoms with Crippen LogP contribution in [-0.4, -0.2) is 17.0 Å². The second kappa shape index (κ2) is 6.36. The molecule has 1 heterocycles. The third-order valence-electron chi connectivity index (χ3n) is 4.05. The molecule has 1 saturated carbocycles. The van der Waals surface area contributed by atoms with Gasteiger partial charge >= 0.3 is 0 Å². The molecule has 1 aliphatic rings. The van der Waals surface area contributed by atoms with Crippen LogP contribution in [0, 0.1) is 11.8 Å². The normalized spacial score (nSPS) is 23.6. The molecule has 0 bridgehead atoms. The molecule has 0 saturated heterocycles. The molecule has 2 rings (SSSR count). The van der Waals surface area contributed by atoms with Crippen LogP contribution in [0.3, 0.4) is 0 Å². The van der Waals surface area contributed by atoms with E-state index in [1.807, 2.05) is 7.05 Å². The summed E-state index contributed by atoms with van der Waals surface area (Å²) in [4.78, 5) is 9.50. The summed E-state index contributed by atoms with van der Waals surface area (Å²) in [5.74, 6) is 4.11. The maximum Gasteiger partial charge on any atom is 0.134 e. The standard InChI is InChI=1S/C16H27N3/c1-11(2)9-14-10-15(17-4)19-16(18-14)13-7-5-12(3)6-8-13/h10-13H,5-9H2,1-4H3,(H,17,18,19). The van der Waals surface area contributed by atoms with E-state index in [1.54, 1.807) is 0 Å². The summed E-state index contributed by atoms with van der Waals surface area (Å²) in [7, 11) is 1.94. The van der Waals surface area contributed by atoms with E-state index in [-0.39, 0.29) is 0 Å². The Bertz CT molecular complexity index is 406. The van der Waals surface area contributed by atoms with Crippen LogP contribution in [-0.2, 0) is 6.42 Å². The minimum atomic E-state index is 0.565. The number of nitrogens with zero attached hydrogens (tertiary/aromatic N) is 2. The van der Waals surface area contributed by atoms with Gasteiger partial charge < -0.3 is 5.32 Å². The zero-order valence-electron chi connectivity index (χ0n) is 12.7. The molecule has 0 aromatic carbocycles. The van der Waals surface area contributed by atoms with Gasteiger partial charge in [0.2, 0.25) is 0 Å². The van der Waals surface area contributed by atoms with E-state index < -0.39 is 0 Å². The van der Waals surface area contributed by atoms with Crippen molar-refractivity contribution in [2.24, 2.45) is 11.8 Å². The lowest BCUT2D eigenvalue weighted by Gasteiger charge is -2.25. The van der Waals surface area contributed by atoms with Gasteiger partial charge in [-0.1, -0.05) is 33.6 Å². The predicted octanol–water partition coefficient (Wildman–Crippen LogP) is 4.01. The second-order valence-corrected chi connectivity index (χ2v) is 6.41. The molecule has 1 N–H and O–H groups in total. The highest BCUT2D eigenvalue weighted by Crippen LogP contribution is 2.34. The third kappa shape index (κ3) is 3.92. The Hall–Kier alpha value is -1.12. The predicted molar refractivity (Wildman–Crippen MR) is 80.5 cm³/mol. The molecule has 0 spiro atoms. The van der Waals surface area contributed by atoms with Crippen LogP contribution in [0.25, 0.3) is 0 Å². The average Bonchev–Trinajstić information content (AvgIpc) is 2.38. The van der Waals surface area contributed by atoms with Gasteiger partial charge in [0.15, 0.2) is 0 Å². The molecule has 0 radical (unpaired) electrons. The van der Waals surface area contributed by atoms with Crippen LogP contribution in [0.2, 0.25) is 0 Å². The monoisotopic (exact) mass is 261 g/mol. The van der Waals surface area contributed by atoms with E-state index in [9.17, 15) is 0 Å². The summed E-state index contributed by atoms with van der Waals surface area (Å²) in [6.07, 6.45) is 6.16. The molecule has 1 aromatic heterocycles. The summed E-state index contributed by atoms with van der Waals surface area (Å²) in [5, 5.41) is 3.18. The van der Waals surface area contributed by atoms with Crippen LogP contribution < -0.4 is 5.32 Å². The Morgan fingerprint density at radius 2 is 1.89 bits per heavy atom. The highest BCUT2D eigenvalue weighted by atomic mass is 15.0. The highest BCUT2D eigenvalue weighted by molar-refractivity contribution is 5.35. The molecule has 1 fully saturated rings. The number of hydrogen-bond donors (Lipinski definition) is 1. The zero-order valence-corrected chi connectivity index (χ0v) is 12.7. The summed E-state index contributed by atoms with van der Waals surface area (Å²) in [5.41, 5.74) is 1.18. The quantitative estimate of drug-likeness (QED) is 0.890. The molecule has 1 aromatic rings. The van der Waals surface area contributed by atoms with Crippen LogP contribution in [0.15, 0.2) is 6.07 Å². The maximum absolute atomic E-state index is 4.82. The molecule has 3 nitrogen and oxygen atoms in total. The molecule has 19 heavy (non-hydrogen) atoms. The molecular formula is C16H27N3. The van der Waals surface area contributed by atoms with Crippen molar-refractivity contribution in [1.29, 1.82) is 0 Å². The fourth-order valence-corrected chi connectivity index (χ4v) is 2.87. The van der Waals surface area contributed by atoms with Crippen LogP contribution in [0.5, 0.6) is 0 Å². The Morgan fingerprint density at radius 3 is 2.47 bits per heavy atom. The third-order valence-corrected chi connectivity index (χ3v) is 4.05. The van der Waals surface area contributed by atoms with Gasteiger partial charge in [-0.15, -0.1) is 0 Å². The van der Waals surface area contributed by atoms with Gasteiger partial charge in [0.1, 0.15) is 11.6 Å². The van der Waals surface area contributed by atoms with E-state index in [0.29, 0.717) is 11.8 Å². The Balaban J connectivity index is 2.18. The summed E-state index contributed by atoms with van der Waals surface area (Å²) < 4.78 is 0. The average molecular weight is 261 g/mol. The molecule has 0 aliphatic heterocycles. The van der Waals surface area contributed by atoms with Gasteiger partial charge in [0, 0.05) is 24.7 Å². The van der Waals surface area contributed by atoms with Gasteiger partial charge in [0.05, 0.1) is 0 Å². The van der Waals surface area contributed by atoms with E-state index in [2.05, 4.69) is 37.1 Å². The Morgan fingerprint density at radius 1 is 1.21 bits per heavy atom. The van der Waals surface area contributed by atoms with Crippen LogP contribution in [0.1, 0.15) is 63.9 Å². The summed E-state index contributed by atoms with van der Waals surface area (Å²) >= 11 is 0. The Kier molecular flexibility index (Phi) is 4.78. The number of nitrogens with one attached hydrogen (secondary N) is 1. The molecular weight excluding hydrogens is 234 g/mol. The highest BCUT2D eigenvalue weighted by Gasteiger charge is 2.22. The van der Waals surface area contributed by atoms with E-state index in [1.165, 1.54) is 31.4 Å². The molecule has 0 unspecified atom stereocenters. The number of anilines is 1. The van der Waals surface area contributed by atoms with Gasteiger partial charge in [-0.05, 0) is 31.1 Å². The van der Waals surface area contributed by atoms with Gasteiger partial charge in [0.25, 0.3) is 0 Å². The van der Waals surface area contributed by atoms with Gasteiger partial charge in [-0.25, -0.2) is 9.97 Å². The van der Waals surface area contributed by atoms with Crippen molar-refractivity contribution in [1.82, 2.24) is 9.97 Å². The second-order valence-electron chi connectivity index (χ2n) is 6.41. The first-order valence-corrected chi connectivity index (χ1v) is 7.64. The zero-order chi connectivity index (χ0) is 13.8. The minimum absolute atomic E-state index is 0.565. The van der Waals surface area contributed by atoms with E-state index in [0.717, 1.165) is 24.0 Å². The number of hydrogen-bond acceptors (Lipinski definition) is 3. The van der Waals surface area contributed by atoms with Crippen molar-refractivity contribution < 1.29 is 0 Å². The van der Waals surface area contributed by atoms with Crippen molar-refractivity contribution in [3.8, 4) is 0 Å². The lowest BCUT2D eigenvalue weighted by atomic mass is 9.82. The molecule has 3 heteroatoms. The number of aromatic nitrogens is 2. The Labute approximate surface area is 117 Å². The summed E-state index contributed by atoms with van der Waals surface area (Å²) in [6, 6.07) is 2.09. The fourth-order valence-electron chi connectivity index (χ4n) is 2.87.